The maximum absolute atomic E-state index is 13.2. The molecule has 94 valence electrons. The number of amidine groups is 1. The molecule has 0 aliphatic rings. The second-order valence-corrected chi connectivity index (χ2v) is 5.04. The Kier molecular flexibility index (Phi) is 3.62. The smallest absolute Gasteiger partial charge is 0.125 e. The van der Waals surface area contributed by atoms with Crippen molar-refractivity contribution >= 4 is 22.9 Å². The van der Waals surface area contributed by atoms with Crippen LogP contribution in [0.25, 0.3) is 0 Å². The summed E-state index contributed by atoms with van der Waals surface area (Å²) in [5.41, 5.74) is 6.67. The van der Waals surface area contributed by atoms with Crippen molar-refractivity contribution < 1.29 is 4.39 Å². The van der Waals surface area contributed by atoms with Gasteiger partial charge in [0.15, 0.2) is 0 Å². The number of rotatable bonds is 4. The van der Waals surface area contributed by atoms with Crippen molar-refractivity contribution in [2.75, 3.05) is 11.9 Å². The van der Waals surface area contributed by atoms with Gasteiger partial charge in [0.25, 0.3) is 0 Å². The van der Waals surface area contributed by atoms with E-state index in [4.69, 9.17) is 11.1 Å². The van der Waals surface area contributed by atoms with E-state index in [0.717, 1.165) is 5.69 Å². The van der Waals surface area contributed by atoms with Gasteiger partial charge in [-0.3, -0.25) is 5.41 Å². The fourth-order valence-corrected chi connectivity index (χ4v) is 2.54. The average Bonchev–Trinajstić information content (AvgIpc) is 2.81. The molecule has 0 bridgehead atoms. The van der Waals surface area contributed by atoms with Crippen LogP contribution in [0.3, 0.4) is 0 Å². The molecule has 0 saturated heterocycles. The van der Waals surface area contributed by atoms with Gasteiger partial charge in [0.2, 0.25) is 0 Å². The Bertz CT molecular complexity index is 551. The zero-order chi connectivity index (χ0) is 13.1. The number of thiophene rings is 1. The molecule has 2 rings (SSSR count). The first-order valence-electron chi connectivity index (χ1n) is 5.45. The molecule has 0 atom stereocenters. The van der Waals surface area contributed by atoms with E-state index in [9.17, 15) is 4.39 Å². The van der Waals surface area contributed by atoms with Crippen LogP contribution in [0, 0.1) is 11.2 Å². The van der Waals surface area contributed by atoms with Crippen molar-refractivity contribution in [2.45, 2.75) is 6.54 Å². The second kappa shape index (κ2) is 5.18. The monoisotopic (exact) mass is 263 g/mol. The van der Waals surface area contributed by atoms with Gasteiger partial charge in [-0.05, 0) is 29.6 Å². The van der Waals surface area contributed by atoms with Crippen LogP contribution in [0.2, 0.25) is 0 Å². The normalized spacial score (nSPS) is 10.3. The van der Waals surface area contributed by atoms with Crippen LogP contribution in [0.15, 0.2) is 35.7 Å². The summed E-state index contributed by atoms with van der Waals surface area (Å²) in [6.45, 7) is 0.712. The highest BCUT2D eigenvalue weighted by Gasteiger charge is 2.11. The van der Waals surface area contributed by atoms with Gasteiger partial charge in [0, 0.05) is 23.2 Å². The van der Waals surface area contributed by atoms with Crippen molar-refractivity contribution in [3.63, 3.8) is 0 Å². The van der Waals surface area contributed by atoms with Crippen LogP contribution < -0.4 is 10.6 Å². The zero-order valence-electron chi connectivity index (χ0n) is 9.98. The highest BCUT2D eigenvalue weighted by atomic mass is 32.1. The predicted molar refractivity (Wildman–Crippen MR) is 73.8 cm³/mol. The summed E-state index contributed by atoms with van der Waals surface area (Å²) in [5, 5.41) is 9.52. The van der Waals surface area contributed by atoms with Crippen molar-refractivity contribution in [3.8, 4) is 0 Å². The lowest BCUT2D eigenvalue weighted by atomic mass is 10.1. The molecule has 0 aliphatic heterocycles. The molecule has 0 unspecified atom stereocenters. The topological polar surface area (TPSA) is 53.1 Å². The molecule has 3 nitrogen and oxygen atoms in total. The Morgan fingerprint density at radius 3 is 2.83 bits per heavy atom. The highest BCUT2D eigenvalue weighted by Crippen LogP contribution is 2.23. The summed E-state index contributed by atoms with van der Waals surface area (Å²) >= 11 is 1.66. The van der Waals surface area contributed by atoms with Crippen LogP contribution >= 0.6 is 11.3 Å². The number of nitrogens with two attached hydrogens (primary N) is 1. The van der Waals surface area contributed by atoms with Gasteiger partial charge in [0.1, 0.15) is 11.7 Å². The van der Waals surface area contributed by atoms with Crippen molar-refractivity contribution in [1.29, 1.82) is 5.41 Å². The Balaban J connectivity index is 2.29. The van der Waals surface area contributed by atoms with Crippen LogP contribution in [0.5, 0.6) is 0 Å². The number of anilines is 1. The molecule has 0 saturated carbocycles. The van der Waals surface area contributed by atoms with Gasteiger partial charge in [-0.25, -0.2) is 4.39 Å². The fourth-order valence-electron chi connectivity index (χ4n) is 1.78. The Labute approximate surface area is 109 Å². The fraction of sp³-hybridized carbons (Fsp3) is 0.154. The molecule has 1 aromatic carbocycles. The SMILES string of the molecule is CN(Cc1cccs1)c1ccc(F)cc1C(=N)N. The van der Waals surface area contributed by atoms with E-state index in [1.54, 1.807) is 17.4 Å². The second-order valence-electron chi connectivity index (χ2n) is 4.01. The minimum atomic E-state index is -0.381. The predicted octanol–water partition coefficient (Wildman–Crippen LogP) is 2.81. The van der Waals surface area contributed by atoms with Crippen LogP contribution in [0.4, 0.5) is 10.1 Å². The summed E-state index contributed by atoms with van der Waals surface area (Å²) in [6.07, 6.45) is 0. The lowest BCUT2D eigenvalue weighted by Crippen LogP contribution is -2.21. The molecule has 0 fully saturated rings. The maximum Gasteiger partial charge on any atom is 0.125 e. The minimum absolute atomic E-state index is 0.123. The lowest BCUT2D eigenvalue weighted by Gasteiger charge is -2.21. The molecule has 2 aromatic rings. The van der Waals surface area contributed by atoms with Crippen LogP contribution in [0.1, 0.15) is 10.4 Å². The summed E-state index contributed by atoms with van der Waals surface area (Å²) in [4.78, 5) is 3.17. The van der Waals surface area contributed by atoms with Gasteiger partial charge in [0.05, 0.1) is 6.54 Å². The van der Waals surface area contributed by atoms with Gasteiger partial charge in [-0.1, -0.05) is 6.07 Å². The third-order valence-electron chi connectivity index (χ3n) is 2.63. The molecular formula is C13H14FN3S. The molecule has 1 heterocycles. The average molecular weight is 263 g/mol. The Morgan fingerprint density at radius 1 is 1.44 bits per heavy atom. The van der Waals surface area contributed by atoms with Crippen LogP contribution in [-0.4, -0.2) is 12.9 Å². The molecule has 0 radical (unpaired) electrons. The third-order valence-corrected chi connectivity index (χ3v) is 3.49. The molecule has 0 spiro atoms. The summed E-state index contributed by atoms with van der Waals surface area (Å²) in [5.74, 6) is -0.504. The Morgan fingerprint density at radius 2 is 2.22 bits per heavy atom. The molecule has 5 heteroatoms. The molecule has 0 aliphatic carbocycles. The number of nitrogen functional groups attached to an aromatic ring is 1. The first-order valence-corrected chi connectivity index (χ1v) is 6.33. The standard InChI is InChI=1S/C13H14FN3S/c1-17(8-10-3-2-6-18-10)12-5-4-9(14)7-11(12)13(15)16/h2-7H,8H2,1H3,(H3,15,16). The number of nitrogens with one attached hydrogen (secondary N) is 1. The van der Waals surface area contributed by atoms with E-state index >= 15 is 0 Å². The molecule has 3 N–H and O–H groups in total. The van der Waals surface area contributed by atoms with Gasteiger partial charge in [-0.15, -0.1) is 11.3 Å². The Hall–Kier alpha value is -1.88. The van der Waals surface area contributed by atoms with E-state index in [-0.39, 0.29) is 11.7 Å². The largest absolute Gasteiger partial charge is 0.384 e. The van der Waals surface area contributed by atoms with Crippen molar-refractivity contribution in [3.05, 3.63) is 52.0 Å². The molecule has 1 aromatic heterocycles. The number of halogens is 1. The molecular weight excluding hydrogens is 249 g/mol. The van der Waals surface area contributed by atoms with Gasteiger partial charge in [-0.2, -0.15) is 0 Å². The van der Waals surface area contributed by atoms with Crippen molar-refractivity contribution in [1.82, 2.24) is 0 Å². The van der Waals surface area contributed by atoms with E-state index < -0.39 is 0 Å². The summed E-state index contributed by atoms with van der Waals surface area (Å²) in [6, 6.07) is 8.36. The molecule has 0 amide bonds. The summed E-state index contributed by atoms with van der Waals surface area (Å²) < 4.78 is 13.2. The lowest BCUT2D eigenvalue weighted by molar-refractivity contribution is 0.627. The zero-order valence-corrected chi connectivity index (χ0v) is 10.8. The van der Waals surface area contributed by atoms with E-state index in [0.29, 0.717) is 12.1 Å². The van der Waals surface area contributed by atoms with E-state index in [1.165, 1.54) is 17.0 Å². The minimum Gasteiger partial charge on any atom is -0.384 e. The molecule has 18 heavy (non-hydrogen) atoms. The van der Waals surface area contributed by atoms with Crippen LogP contribution in [-0.2, 0) is 6.54 Å². The van der Waals surface area contributed by atoms with Gasteiger partial charge < -0.3 is 10.6 Å². The number of hydrogen-bond donors (Lipinski definition) is 2. The van der Waals surface area contributed by atoms with E-state index in [1.807, 2.05) is 29.5 Å². The first kappa shape index (κ1) is 12.6. The quantitative estimate of drug-likeness (QED) is 0.658. The van der Waals surface area contributed by atoms with Gasteiger partial charge >= 0.3 is 0 Å². The highest BCUT2D eigenvalue weighted by molar-refractivity contribution is 7.09. The number of benzene rings is 1. The third kappa shape index (κ3) is 2.68. The van der Waals surface area contributed by atoms with Crippen molar-refractivity contribution in [2.24, 2.45) is 5.73 Å². The summed E-state index contributed by atoms with van der Waals surface area (Å²) in [7, 11) is 1.90. The maximum atomic E-state index is 13.2. The van der Waals surface area contributed by atoms with E-state index in [2.05, 4.69) is 0 Å². The number of hydrogen-bond acceptors (Lipinski definition) is 3. The number of nitrogens with zero attached hydrogens (tertiary/aromatic N) is 1. The first-order chi connectivity index (χ1) is 8.58.